The molecule has 1 aliphatic rings. The lowest BCUT2D eigenvalue weighted by molar-refractivity contribution is -0.00101. The molecule has 0 amide bonds. The summed E-state index contributed by atoms with van der Waals surface area (Å²) in [7, 11) is 0. The zero-order valence-electron chi connectivity index (χ0n) is 8.91. The number of aliphatic hydroxyl groups is 3. The van der Waals surface area contributed by atoms with Crippen LogP contribution in [0.5, 0.6) is 0 Å². The van der Waals surface area contributed by atoms with Crippen molar-refractivity contribution in [3.63, 3.8) is 0 Å². The minimum Gasteiger partial charge on any atom is -0.396 e. The Morgan fingerprint density at radius 2 is 1.43 bits per heavy atom. The van der Waals surface area contributed by atoms with Gasteiger partial charge in [-0.1, -0.05) is 13.3 Å². The largest absolute Gasteiger partial charge is 0.396 e. The van der Waals surface area contributed by atoms with Crippen LogP contribution in [0.1, 0.15) is 26.2 Å². The Morgan fingerprint density at radius 1 is 1.07 bits per heavy atom. The van der Waals surface area contributed by atoms with E-state index in [0.29, 0.717) is 6.42 Å². The van der Waals surface area contributed by atoms with E-state index in [1.807, 2.05) is 6.92 Å². The zero-order valence-corrected chi connectivity index (χ0v) is 8.91. The van der Waals surface area contributed by atoms with E-state index in [1.54, 1.807) is 0 Å². The molecule has 86 valence electrons. The van der Waals surface area contributed by atoms with E-state index in [9.17, 15) is 0 Å². The molecular formula is C10H22O4. The van der Waals surface area contributed by atoms with Gasteiger partial charge in [0.15, 0.2) is 0 Å². The van der Waals surface area contributed by atoms with E-state index in [-0.39, 0.29) is 19.8 Å². The lowest BCUT2D eigenvalue weighted by Crippen LogP contribution is -2.33. The van der Waals surface area contributed by atoms with Crippen LogP contribution in [0.3, 0.4) is 0 Å². The third-order valence-corrected chi connectivity index (χ3v) is 2.36. The van der Waals surface area contributed by atoms with Crippen molar-refractivity contribution >= 4 is 0 Å². The van der Waals surface area contributed by atoms with Gasteiger partial charge in [-0.2, -0.15) is 0 Å². The van der Waals surface area contributed by atoms with Crippen LogP contribution in [0.25, 0.3) is 0 Å². The first-order chi connectivity index (χ1) is 6.74. The van der Waals surface area contributed by atoms with Crippen molar-refractivity contribution in [3.05, 3.63) is 0 Å². The van der Waals surface area contributed by atoms with Gasteiger partial charge in [0, 0.05) is 18.6 Å². The number of aliphatic hydroxyl groups excluding tert-OH is 3. The van der Waals surface area contributed by atoms with Gasteiger partial charge in [-0.25, -0.2) is 0 Å². The highest BCUT2D eigenvalue weighted by Gasteiger charge is 2.26. The van der Waals surface area contributed by atoms with Crippen LogP contribution < -0.4 is 0 Å². The standard InChI is InChI=1S/C7H16O3.C3H6O/c1-2-3-7(4-8,5-9)6-10;1-2-4-3-1/h8-10H,2-6H2,1H3;1-3H2. The van der Waals surface area contributed by atoms with E-state index in [2.05, 4.69) is 0 Å². The molecule has 0 aromatic heterocycles. The maximum atomic E-state index is 8.79. The van der Waals surface area contributed by atoms with Crippen molar-refractivity contribution in [2.24, 2.45) is 5.41 Å². The second-order valence-electron chi connectivity index (χ2n) is 3.69. The molecule has 0 atom stereocenters. The molecule has 0 aliphatic carbocycles. The summed E-state index contributed by atoms with van der Waals surface area (Å²) in [6.45, 7) is 3.52. The van der Waals surface area contributed by atoms with Gasteiger partial charge < -0.3 is 20.1 Å². The minimum atomic E-state index is -0.658. The van der Waals surface area contributed by atoms with Crippen LogP contribution in [0.4, 0.5) is 0 Å². The number of hydrogen-bond donors (Lipinski definition) is 3. The van der Waals surface area contributed by atoms with E-state index in [1.165, 1.54) is 6.42 Å². The average Bonchev–Trinajstić information content (AvgIpc) is 2.12. The highest BCUT2D eigenvalue weighted by atomic mass is 16.5. The summed E-state index contributed by atoms with van der Waals surface area (Å²) in [5.41, 5.74) is -0.658. The van der Waals surface area contributed by atoms with Crippen LogP contribution in [-0.2, 0) is 4.74 Å². The SMILES string of the molecule is C1COC1.CCCC(CO)(CO)CO. The minimum absolute atomic E-state index is 0.145. The summed E-state index contributed by atoms with van der Waals surface area (Å²) >= 11 is 0. The van der Waals surface area contributed by atoms with Gasteiger partial charge in [0.05, 0.1) is 19.8 Å². The molecule has 3 N–H and O–H groups in total. The van der Waals surface area contributed by atoms with Crippen LogP contribution >= 0.6 is 0 Å². The second kappa shape index (κ2) is 8.17. The first-order valence-electron chi connectivity index (χ1n) is 5.15. The highest BCUT2D eigenvalue weighted by Crippen LogP contribution is 2.21. The molecule has 1 saturated heterocycles. The van der Waals surface area contributed by atoms with Crippen molar-refractivity contribution in [1.29, 1.82) is 0 Å². The second-order valence-corrected chi connectivity index (χ2v) is 3.69. The lowest BCUT2D eigenvalue weighted by atomic mass is 9.86. The molecule has 0 saturated carbocycles. The maximum Gasteiger partial charge on any atom is 0.0531 e. The first kappa shape index (κ1) is 13.8. The molecule has 0 aromatic carbocycles. The molecule has 1 aliphatic heterocycles. The average molecular weight is 206 g/mol. The normalized spacial score (nSPS) is 15.4. The topological polar surface area (TPSA) is 69.9 Å². The van der Waals surface area contributed by atoms with Crippen LogP contribution in [0.15, 0.2) is 0 Å². The molecule has 0 bridgehead atoms. The summed E-state index contributed by atoms with van der Waals surface area (Å²) in [5.74, 6) is 0. The van der Waals surface area contributed by atoms with Gasteiger partial charge in [-0.05, 0) is 12.8 Å². The molecule has 0 unspecified atom stereocenters. The van der Waals surface area contributed by atoms with Gasteiger partial charge in [-0.3, -0.25) is 0 Å². The summed E-state index contributed by atoms with van der Waals surface area (Å²) in [6.07, 6.45) is 2.80. The van der Waals surface area contributed by atoms with Gasteiger partial charge in [-0.15, -0.1) is 0 Å². The quantitative estimate of drug-likeness (QED) is 0.599. The Morgan fingerprint density at radius 3 is 1.50 bits per heavy atom. The van der Waals surface area contributed by atoms with E-state index >= 15 is 0 Å². The number of hydrogen-bond acceptors (Lipinski definition) is 4. The molecule has 14 heavy (non-hydrogen) atoms. The Kier molecular flexibility index (Phi) is 8.08. The third-order valence-electron chi connectivity index (χ3n) is 2.36. The fourth-order valence-corrected chi connectivity index (χ4v) is 1.06. The fraction of sp³-hybridized carbons (Fsp3) is 1.00. The van der Waals surface area contributed by atoms with E-state index in [4.69, 9.17) is 20.1 Å². The Hall–Kier alpha value is -0.160. The predicted octanol–water partition coefficient (Wildman–Crippen LogP) is 0.157. The molecule has 0 radical (unpaired) electrons. The van der Waals surface area contributed by atoms with Gasteiger partial charge in [0.1, 0.15) is 0 Å². The monoisotopic (exact) mass is 206 g/mol. The molecule has 1 rings (SSSR count). The van der Waals surface area contributed by atoms with Crippen LogP contribution in [-0.4, -0.2) is 48.4 Å². The van der Waals surface area contributed by atoms with Gasteiger partial charge in [0.25, 0.3) is 0 Å². The zero-order chi connectivity index (χ0) is 10.9. The summed E-state index contributed by atoms with van der Waals surface area (Å²) in [6, 6.07) is 0. The number of ether oxygens (including phenoxy) is 1. The maximum absolute atomic E-state index is 8.79. The summed E-state index contributed by atoms with van der Waals surface area (Å²) in [5, 5.41) is 26.4. The molecule has 0 spiro atoms. The number of rotatable bonds is 5. The van der Waals surface area contributed by atoms with E-state index < -0.39 is 5.41 Å². The van der Waals surface area contributed by atoms with Crippen molar-refractivity contribution < 1.29 is 20.1 Å². The van der Waals surface area contributed by atoms with E-state index in [0.717, 1.165) is 19.6 Å². The smallest absolute Gasteiger partial charge is 0.0531 e. The van der Waals surface area contributed by atoms with Gasteiger partial charge in [0.2, 0.25) is 0 Å². The summed E-state index contributed by atoms with van der Waals surface area (Å²) < 4.78 is 4.72. The molecule has 4 nitrogen and oxygen atoms in total. The molecule has 4 heteroatoms. The molecule has 1 heterocycles. The molecule has 1 fully saturated rings. The van der Waals surface area contributed by atoms with Crippen molar-refractivity contribution in [2.45, 2.75) is 26.2 Å². The Bertz CT molecular complexity index is 107. The van der Waals surface area contributed by atoms with Crippen LogP contribution in [0.2, 0.25) is 0 Å². The van der Waals surface area contributed by atoms with Crippen molar-refractivity contribution in [2.75, 3.05) is 33.0 Å². The molecule has 0 aromatic rings. The van der Waals surface area contributed by atoms with Crippen molar-refractivity contribution in [3.8, 4) is 0 Å². The fourth-order valence-electron chi connectivity index (χ4n) is 1.06. The van der Waals surface area contributed by atoms with Crippen LogP contribution in [0, 0.1) is 5.41 Å². The summed E-state index contributed by atoms with van der Waals surface area (Å²) in [4.78, 5) is 0. The van der Waals surface area contributed by atoms with Crippen molar-refractivity contribution in [1.82, 2.24) is 0 Å². The Balaban J connectivity index is 0.000000344. The highest BCUT2D eigenvalue weighted by molar-refractivity contribution is 4.75. The predicted molar refractivity (Wildman–Crippen MR) is 54.0 cm³/mol. The molecular weight excluding hydrogens is 184 g/mol. The lowest BCUT2D eigenvalue weighted by Gasteiger charge is -2.26. The Labute approximate surface area is 85.5 Å². The van der Waals surface area contributed by atoms with Gasteiger partial charge >= 0.3 is 0 Å². The first-order valence-corrected chi connectivity index (χ1v) is 5.15. The third kappa shape index (κ3) is 4.91.